The number of hydrogen-bond donors (Lipinski definition) is 2. The van der Waals surface area contributed by atoms with Crippen molar-refractivity contribution in [3.05, 3.63) is 35.4 Å². The summed E-state index contributed by atoms with van der Waals surface area (Å²) < 4.78 is 0. The number of nitriles is 1. The highest BCUT2D eigenvalue weighted by Gasteiger charge is 2.22. The van der Waals surface area contributed by atoms with Crippen LogP contribution in [-0.4, -0.2) is 17.8 Å². The smallest absolute Gasteiger partial charge is 0.0991 e. The number of nitrogens with one attached hydrogen (secondary N) is 1. The zero-order valence-corrected chi connectivity index (χ0v) is 10.8. The van der Waals surface area contributed by atoms with Crippen molar-refractivity contribution in [1.82, 2.24) is 5.32 Å². The van der Waals surface area contributed by atoms with Gasteiger partial charge in [-0.05, 0) is 56.3 Å². The minimum atomic E-state index is -0.103. The minimum absolute atomic E-state index is 0.103. The maximum Gasteiger partial charge on any atom is 0.0991 e. The van der Waals surface area contributed by atoms with Crippen LogP contribution in [0.3, 0.4) is 0 Å². The molecule has 3 unspecified atom stereocenters. The molecule has 18 heavy (non-hydrogen) atoms. The van der Waals surface area contributed by atoms with Crippen LogP contribution in [0.15, 0.2) is 24.3 Å². The molecule has 3 heteroatoms. The summed E-state index contributed by atoms with van der Waals surface area (Å²) in [6.45, 7) is 3.05. The van der Waals surface area contributed by atoms with E-state index in [-0.39, 0.29) is 12.1 Å². The maximum atomic E-state index is 9.49. The van der Waals surface area contributed by atoms with E-state index in [1.54, 1.807) is 0 Å². The standard InChI is InChI=1S/C15H20N2O/c1-11(14-4-2-3-12(7-14)9-16)17-10-13-5-6-15(18)8-13/h2-4,7,11,13,15,17-18H,5-6,8,10H2,1H3. The lowest BCUT2D eigenvalue weighted by molar-refractivity contribution is 0.177. The summed E-state index contributed by atoms with van der Waals surface area (Å²) in [5.74, 6) is 0.585. The van der Waals surface area contributed by atoms with Gasteiger partial charge in [-0.1, -0.05) is 12.1 Å². The van der Waals surface area contributed by atoms with Gasteiger partial charge in [0, 0.05) is 6.04 Å². The van der Waals surface area contributed by atoms with Crippen LogP contribution >= 0.6 is 0 Å². The Morgan fingerprint density at radius 2 is 2.33 bits per heavy atom. The first kappa shape index (κ1) is 13.1. The van der Waals surface area contributed by atoms with Crippen molar-refractivity contribution in [2.24, 2.45) is 5.92 Å². The van der Waals surface area contributed by atoms with Crippen LogP contribution in [0.5, 0.6) is 0 Å². The fourth-order valence-electron chi connectivity index (χ4n) is 2.57. The maximum absolute atomic E-state index is 9.49. The van der Waals surface area contributed by atoms with Crippen molar-refractivity contribution in [2.45, 2.75) is 38.3 Å². The molecule has 1 aromatic rings. The van der Waals surface area contributed by atoms with E-state index in [1.807, 2.05) is 24.3 Å². The third-order valence-electron chi connectivity index (χ3n) is 3.74. The van der Waals surface area contributed by atoms with Gasteiger partial charge < -0.3 is 10.4 Å². The van der Waals surface area contributed by atoms with E-state index in [9.17, 15) is 5.11 Å². The van der Waals surface area contributed by atoms with Crippen molar-refractivity contribution in [1.29, 1.82) is 5.26 Å². The van der Waals surface area contributed by atoms with Crippen LogP contribution < -0.4 is 5.32 Å². The molecule has 1 aliphatic rings. The van der Waals surface area contributed by atoms with Crippen molar-refractivity contribution in [3.63, 3.8) is 0 Å². The van der Waals surface area contributed by atoms with Crippen molar-refractivity contribution in [2.75, 3.05) is 6.54 Å². The first-order chi connectivity index (χ1) is 8.69. The molecule has 1 aromatic carbocycles. The van der Waals surface area contributed by atoms with Gasteiger partial charge in [0.1, 0.15) is 0 Å². The molecule has 96 valence electrons. The van der Waals surface area contributed by atoms with Crippen molar-refractivity contribution in [3.8, 4) is 6.07 Å². The molecule has 0 saturated heterocycles. The van der Waals surface area contributed by atoms with Gasteiger partial charge in [-0.3, -0.25) is 0 Å². The topological polar surface area (TPSA) is 56.0 Å². The number of benzene rings is 1. The second-order valence-corrected chi connectivity index (χ2v) is 5.20. The molecule has 0 heterocycles. The zero-order chi connectivity index (χ0) is 13.0. The predicted molar refractivity (Wildman–Crippen MR) is 70.9 cm³/mol. The van der Waals surface area contributed by atoms with Crippen LogP contribution in [-0.2, 0) is 0 Å². The van der Waals surface area contributed by atoms with Crippen LogP contribution in [0.4, 0.5) is 0 Å². The van der Waals surface area contributed by atoms with Gasteiger partial charge in [0.05, 0.1) is 17.7 Å². The Morgan fingerprint density at radius 3 is 3.00 bits per heavy atom. The van der Waals surface area contributed by atoms with Crippen LogP contribution in [0.25, 0.3) is 0 Å². The third kappa shape index (κ3) is 3.32. The summed E-state index contributed by atoms with van der Waals surface area (Å²) in [6.07, 6.45) is 2.86. The van der Waals surface area contributed by atoms with Gasteiger partial charge >= 0.3 is 0 Å². The molecule has 0 amide bonds. The monoisotopic (exact) mass is 244 g/mol. The van der Waals surface area contributed by atoms with Crippen molar-refractivity contribution >= 4 is 0 Å². The first-order valence-corrected chi connectivity index (χ1v) is 6.60. The Hall–Kier alpha value is -1.37. The molecule has 0 spiro atoms. The lowest BCUT2D eigenvalue weighted by Crippen LogP contribution is -2.25. The van der Waals surface area contributed by atoms with E-state index in [0.29, 0.717) is 11.5 Å². The van der Waals surface area contributed by atoms with E-state index < -0.39 is 0 Å². The minimum Gasteiger partial charge on any atom is -0.393 e. The Morgan fingerprint density at radius 1 is 1.50 bits per heavy atom. The number of rotatable bonds is 4. The van der Waals surface area contributed by atoms with E-state index in [0.717, 1.165) is 31.4 Å². The molecular weight excluding hydrogens is 224 g/mol. The van der Waals surface area contributed by atoms with Gasteiger partial charge in [-0.25, -0.2) is 0 Å². The van der Waals surface area contributed by atoms with Gasteiger partial charge in [-0.2, -0.15) is 5.26 Å². The second kappa shape index (κ2) is 5.99. The fourth-order valence-corrected chi connectivity index (χ4v) is 2.57. The average Bonchev–Trinajstić information content (AvgIpc) is 2.82. The number of aliphatic hydroxyl groups is 1. The highest BCUT2D eigenvalue weighted by atomic mass is 16.3. The molecular formula is C15H20N2O. The number of nitrogens with zero attached hydrogens (tertiary/aromatic N) is 1. The SMILES string of the molecule is CC(NCC1CCC(O)C1)c1cccc(C#N)c1. The Kier molecular flexibility index (Phi) is 4.35. The Bertz CT molecular complexity index is 438. The predicted octanol–water partition coefficient (Wildman–Crippen LogP) is 2.37. The zero-order valence-electron chi connectivity index (χ0n) is 10.8. The molecule has 1 fully saturated rings. The summed E-state index contributed by atoms with van der Waals surface area (Å²) in [5.41, 5.74) is 1.85. The van der Waals surface area contributed by atoms with E-state index in [1.165, 1.54) is 0 Å². The van der Waals surface area contributed by atoms with Gasteiger partial charge in [0.15, 0.2) is 0 Å². The molecule has 0 aliphatic heterocycles. The fraction of sp³-hybridized carbons (Fsp3) is 0.533. The Balaban J connectivity index is 1.87. The third-order valence-corrected chi connectivity index (χ3v) is 3.74. The Labute approximate surface area is 108 Å². The summed E-state index contributed by atoms with van der Waals surface area (Å²) >= 11 is 0. The van der Waals surface area contributed by atoms with Crippen LogP contribution in [0, 0.1) is 17.2 Å². The molecule has 2 N–H and O–H groups in total. The molecule has 0 radical (unpaired) electrons. The van der Waals surface area contributed by atoms with Gasteiger partial charge in [0.25, 0.3) is 0 Å². The van der Waals surface area contributed by atoms with Crippen LogP contribution in [0.1, 0.15) is 43.4 Å². The molecule has 2 rings (SSSR count). The van der Waals surface area contributed by atoms with E-state index >= 15 is 0 Å². The molecule has 3 nitrogen and oxygen atoms in total. The highest BCUT2D eigenvalue weighted by Crippen LogP contribution is 2.25. The normalized spacial score (nSPS) is 24.7. The molecule has 0 bridgehead atoms. The molecule has 0 aromatic heterocycles. The second-order valence-electron chi connectivity index (χ2n) is 5.20. The lowest BCUT2D eigenvalue weighted by Gasteiger charge is -2.17. The summed E-state index contributed by atoms with van der Waals surface area (Å²) in [7, 11) is 0. The molecule has 3 atom stereocenters. The van der Waals surface area contributed by atoms with Gasteiger partial charge in [0.2, 0.25) is 0 Å². The number of aliphatic hydroxyl groups excluding tert-OH is 1. The highest BCUT2D eigenvalue weighted by molar-refractivity contribution is 5.33. The summed E-state index contributed by atoms with van der Waals surface area (Å²) in [5, 5.41) is 21.9. The van der Waals surface area contributed by atoms with Crippen molar-refractivity contribution < 1.29 is 5.11 Å². The quantitative estimate of drug-likeness (QED) is 0.855. The summed E-state index contributed by atoms with van der Waals surface area (Å²) in [4.78, 5) is 0. The lowest BCUT2D eigenvalue weighted by atomic mass is 10.0. The first-order valence-electron chi connectivity index (χ1n) is 6.60. The van der Waals surface area contributed by atoms with E-state index in [4.69, 9.17) is 5.26 Å². The molecule has 1 aliphatic carbocycles. The average molecular weight is 244 g/mol. The van der Waals surface area contributed by atoms with Gasteiger partial charge in [-0.15, -0.1) is 0 Å². The van der Waals surface area contributed by atoms with E-state index in [2.05, 4.69) is 18.3 Å². The largest absolute Gasteiger partial charge is 0.393 e. The van der Waals surface area contributed by atoms with Crippen LogP contribution in [0.2, 0.25) is 0 Å². The molecule has 1 saturated carbocycles. The summed E-state index contributed by atoms with van der Waals surface area (Å²) in [6, 6.07) is 10.1. The number of hydrogen-bond acceptors (Lipinski definition) is 3.